The highest BCUT2D eigenvalue weighted by Crippen LogP contribution is 2.25. The number of piperidine rings is 1. The summed E-state index contributed by atoms with van der Waals surface area (Å²) in [5, 5.41) is 0. The normalized spacial score (nSPS) is 22.7. The molecule has 2 saturated heterocycles. The summed E-state index contributed by atoms with van der Waals surface area (Å²) in [5.41, 5.74) is 0. The third kappa shape index (κ3) is 4.09. The van der Waals surface area contributed by atoms with Gasteiger partial charge in [0.2, 0.25) is 15.9 Å². The van der Waals surface area contributed by atoms with E-state index in [9.17, 15) is 13.2 Å². The van der Waals surface area contributed by atoms with Gasteiger partial charge >= 0.3 is 0 Å². The number of benzene rings is 1. The van der Waals surface area contributed by atoms with E-state index in [1.54, 1.807) is 30.3 Å². The molecule has 0 bridgehead atoms. The average molecular weight is 375 g/mol. The SMILES string of the molecule is C#CCN1CCN(C(=O)[C@H]2CCCN(S(=O)(=O)c3ccccc3)C2)CC1. The Balaban J connectivity index is 1.64. The van der Waals surface area contributed by atoms with Crippen LogP contribution in [0.2, 0.25) is 0 Å². The molecule has 0 saturated carbocycles. The highest BCUT2D eigenvalue weighted by molar-refractivity contribution is 7.89. The lowest BCUT2D eigenvalue weighted by Crippen LogP contribution is -2.53. The average Bonchev–Trinajstić information content (AvgIpc) is 2.69. The van der Waals surface area contributed by atoms with E-state index < -0.39 is 10.0 Å². The zero-order chi connectivity index (χ0) is 18.6. The van der Waals surface area contributed by atoms with Gasteiger partial charge in [0.1, 0.15) is 0 Å². The summed E-state index contributed by atoms with van der Waals surface area (Å²) in [7, 11) is -3.54. The molecule has 1 amide bonds. The molecule has 0 N–H and O–H groups in total. The molecule has 0 unspecified atom stereocenters. The van der Waals surface area contributed by atoms with Crippen LogP contribution >= 0.6 is 0 Å². The second-order valence-electron chi connectivity index (χ2n) is 6.82. The van der Waals surface area contributed by atoms with Gasteiger partial charge < -0.3 is 4.90 Å². The number of hydrogen-bond acceptors (Lipinski definition) is 4. The van der Waals surface area contributed by atoms with E-state index in [-0.39, 0.29) is 23.3 Å². The van der Waals surface area contributed by atoms with Crippen LogP contribution < -0.4 is 0 Å². The summed E-state index contributed by atoms with van der Waals surface area (Å²) in [6.07, 6.45) is 6.79. The van der Waals surface area contributed by atoms with E-state index in [0.29, 0.717) is 32.6 Å². The standard InChI is InChI=1S/C19H25N3O3S/c1-2-10-20-12-14-21(15-13-20)19(23)17-7-6-11-22(16-17)26(24,25)18-8-4-3-5-9-18/h1,3-5,8-9,17H,6-7,10-16H2/t17-/m0/s1. The Kier molecular flexibility index (Phi) is 5.97. The maximum atomic E-state index is 12.9. The molecule has 7 heteroatoms. The second kappa shape index (κ2) is 8.21. The number of carbonyl (C=O) groups is 1. The Morgan fingerprint density at radius 1 is 1.12 bits per heavy atom. The Morgan fingerprint density at radius 3 is 2.46 bits per heavy atom. The van der Waals surface area contributed by atoms with Crippen molar-refractivity contribution in [2.45, 2.75) is 17.7 Å². The van der Waals surface area contributed by atoms with Gasteiger partial charge in [-0.25, -0.2) is 8.42 Å². The Bertz CT molecular complexity index is 765. The number of terminal acetylenes is 1. The minimum atomic E-state index is -3.54. The fourth-order valence-electron chi connectivity index (χ4n) is 3.62. The summed E-state index contributed by atoms with van der Waals surface area (Å²) >= 11 is 0. The first-order valence-corrected chi connectivity index (χ1v) is 10.5. The summed E-state index contributed by atoms with van der Waals surface area (Å²) in [5.74, 6) is 2.44. The van der Waals surface area contributed by atoms with Crippen LogP contribution in [0.25, 0.3) is 0 Å². The number of piperazine rings is 1. The van der Waals surface area contributed by atoms with E-state index in [1.165, 1.54) is 4.31 Å². The number of amides is 1. The first-order valence-electron chi connectivity index (χ1n) is 9.02. The zero-order valence-corrected chi connectivity index (χ0v) is 15.7. The molecule has 0 aromatic heterocycles. The molecule has 1 atom stereocenters. The number of hydrogen-bond donors (Lipinski definition) is 0. The monoisotopic (exact) mass is 375 g/mol. The molecule has 140 valence electrons. The van der Waals surface area contributed by atoms with Crippen LogP contribution in [0.3, 0.4) is 0 Å². The van der Waals surface area contributed by atoms with Gasteiger partial charge in [-0.15, -0.1) is 6.42 Å². The minimum absolute atomic E-state index is 0.0679. The van der Waals surface area contributed by atoms with Crippen molar-refractivity contribution in [2.24, 2.45) is 5.92 Å². The van der Waals surface area contributed by atoms with Crippen LogP contribution in [0.1, 0.15) is 12.8 Å². The minimum Gasteiger partial charge on any atom is -0.340 e. The Hall–Kier alpha value is -1.88. The van der Waals surface area contributed by atoms with E-state index in [2.05, 4.69) is 10.8 Å². The molecular formula is C19H25N3O3S. The first-order chi connectivity index (χ1) is 12.5. The molecule has 2 heterocycles. The topological polar surface area (TPSA) is 60.9 Å². The van der Waals surface area contributed by atoms with Crippen LogP contribution in [0.15, 0.2) is 35.2 Å². The van der Waals surface area contributed by atoms with Crippen molar-refractivity contribution in [3.63, 3.8) is 0 Å². The third-order valence-electron chi connectivity index (χ3n) is 5.11. The number of nitrogens with zero attached hydrogens (tertiary/aromatic N) is 3. The van der Waals surface area contributed by atoms with Crippen LogP contribution in [-0.2, 0) is 14.8 Å². The maximum absolute atomic E-state index is 12.9. The second-order valence-corrected chi connectivity index (χ2v) is 8.76. The van der Waals surface area contributed by atoms with Gasteiger partial charge in [0.15, 0.2) is 0 Å². The highest BCUT2D eigenvalue weighted by atomic mass is 32.2. The van der Waals surface area contributed by atoms with Gasteiger partial charge in [0, 0.05) is 39.3 Å². The Labute approximate surface area is 155 Å². The van der Waals surface area contributed by atoms with Crippen LogP contribution in [0, 0.1) is 18.3 Å². The van der Waals surface area contributed by atoms with Gasteiger partial charge in [0.05, 0.1) is 17.4 Å². The molecule has 0 radical (unpaired) electrons. The third-order valence-corrected chi connectivity index (χ3v) is 6.99. The summed E-state index contributed by atoms with van der Waals surface area (Å²) in [6.45, 7) is 4.19. The fraction of sp³-hybridized carbons (Fsp3) is 0.526. The van der Waals surface area contributed by atoms with Gasteiger partial charge in [-0.3, -0.25) is 9.69 Å². The molecule has 1 aromatic carbocycles. The van der Waals surface area contributed by atoms with Crippen molar-refractivity contribution in [3.05, 3.63) is 30.3 Å². The molecule has 26 heavy (non-hydrogen) atoms. The molecular weight excluding hydrogens is 350 g/mol. The lowest BCUT2D eigenvalue weighted by Gasteiger charge is -2.38. The van der Waals surface area contributed by atoms with E-state index in [4.69, 9.17) is 6.42 Å². The van der Waals surface area contributed by atoms with Gasteiger partial charge in [-0.05, 0) is 25.0 Å². The summed E-state index contributed by atoms with van der Waals surface area (Å²) in [4.78, 5) is 17.2. The van der Waals surface area contributed by atoms with E-state index in [1.807, 2.05) is 4.90 Å². The predicted molar refractivity (Wildman–Crippen MR) is 99.8 cm³/mol. The molecule has 1 aromatic rings. The Morgan fingerprint density at radius 2 is 1.81 bits per heavy atom. The number of carbonyl (C=O) groups excluding carboxylic acids is 1. The van der Waals surface area contributed by atoms with Crippen molar-refractivity contribution in [1.82, 2.24) is 14.1 Å². The number of rotatable bonds is 4. The molecule has 2 fully saturated rings. The highest BCUT2D eigenvalue weighted by Gasteiger charge is 2.35. The van der Waals surface area contributed by atoms with Crippen molar-refractivity contribution in [1.29, 1.82) is 0 Å². The van der Waals surface area contributed by atoms with E-state index in [0.717, 1.165) is 19.5 Å². The van der Waals surface area contributed by atoms with Gasteiger partial charge in [0.25, 0.3) is 0 Å². The molecule has 0 spiro atoms. The zero-order valence-electron chi connectivity index (χ0n) is 14.9. The number of sulfonamides is 1. The largest absolute Gasteiger partial charge is 0.340 e. The van der Waals surface area contributed by atoms with Crippen LogP contribution in [-0.4, -0.2) is 74.2 Å². The van der Waals surface area contributed by atoms with Crippen LogP contribution in [0.4, 0.5) is 0 Å². The quantitative estimate of drug-likeness (QED) is 0.733. The molecule has 2 aliphatic heterocycles. The summed E-state index contributed by atoms with van der Waals surface area (Å²) in [6, 6.07) is 8.43. The lowest BCUT2D eigenvalue weighted by molar-refractivity contribution is -0.138. The molecule has 3 rings (SSSR count). The van der Waals surface area contributed by atoms with Crippen molar-refractivity contribution in [3.8, 4) is 12.3 Å². The molecule has 6 nitrogen and oxygen atoms in total. The molecule has 2 aliphatic rings. The van der Waals surface area contributed by atoms with E-state index >= 15 is 0 Å². The van der Waals surface area contributed by atoms with Crippen LogP contribution in [0.5, 0.6) is 0 Å². The molecule has 0 aliphatic carbocycles. The first kappa shape index (κ1) is 18.9. The predicted octanol–water partition coefficient (Wildman–Crippen LogP) is 0.865. The summed E-state index contributed by atoms with van der Waals surface area (Å²) < 4.78 is 27.1. The maximum Gasteiger partial charge on any atom is 0.243 e. The fourth-order valence-corrected chi connectivity index (χ4v) is 5.16. The van der Waals surface area contributed by atoms with Crippen molar-refractivity contribution >= 4 is 15.9 Å². The smallest absolute Gasteiger partial charge is 0.243 e. The van der Waals surface area contributed by atoms with Gasteiger partial charge in [-0.2, -0.15) is 4.31 Å². The van der Waals surface area contributed by atoms with Crippen molar-refractivity contribution in [2.75, 3.05) is 45.8 Å². The van der Waals surface area contributed by atoms with Crippen molar-refractivity contribution < 1.29 is 13.2 Å². The lowest BCUT2D eigenvalue weighted by atomic mass is 9.98. The van der Waals surface area contributed by atoms with Gasteiger partial charge in [-0.1, -0.05) is 24.1 Å².